The molecule has 2 aromatic carbocycles. The molecule has 0 unspecified atom stereocenters. The zero-order valence-electron chi connectivity index (χ0n) is 18.2. The summed E-state index contributed by atoms with van der Waals surface area (Å²) in [5, 5.41) is 10.9. The van der Waals surface area contributed by atoms with E-state index in [2.05, 4.69) is 15.5 Å². The number of esters is 1. The van der Waals surface area contributed by atoms with Gasteiger partial charge in [0.25, 0.3) is 11.1 Å². The molecule has 0 fully saturated rings. The largest absolute Gasteiger partial charge is 0.483 e. The number of rotatable bonds is 10. The summed E-state index contributed by atoms with van der Waals surface area (Å²) in [4.78, 5) is 24.2. The first-order chi connectivity index (χ1) is 15.5. The minimum Gasteiger partial charge on any atom is -0.483 e. The molecule has 0 aliphatic rings. The maximum atomic E-state index is 12.3. The Morgan fingerprint density at radius 2 is 1.84 bits per heavy atom. The van der Waals surface area contributed by atoms with E-state index >= 15 is 0 Å². The van der Waals surface area contributed by atoms with Crippen molar-refractivity contribution < 1.29 is 23.5 Å². The van der Waals surface area contributed by atoms with Crippen molar-refractivity contribution in [1.29, 1.82) is 0 Å². The number of nitrogens with zero attached hydrogens (tertiary/aromatic N) is 2. The van der Waals surface area contributed by atoms with E-state index in [4.69, 9.17) is 13.9 Å². The van der Waals surface area contributed by atoms with Crippen LogP contribution < -0.4 is 10.1 Å². The van der Waals surface area contributed by atoms with Gasteiger partial charge in [-0.3, -0.25) is 4.79 Å². The lowest BCUT2D eigenvalue weighted by Gasteiger charge is -2.09. The number of nitrogens with one attached hydrogen (secondary N) is 1. The average Bonchev–Trinajstić information content (AvgIpc) is 3.24. The Balaban J connectivity index is 1.48. The van der Waals surface area contributed by atoms with Crippen molar-refractivity contribution in [2.45, 2.75) is 39.0 Å². The molecule has 0 spiro atoms. The fourth-order valence-corrected chi connectivity index (χ4v) is 3.42. The van der Waals surface area contributed by atoms with Crippen molar-refractivity contribution in [2.24, 2.45) is 0 Å². The number of anilines is 1. The minimum absolute atomic E-state index is 0.0733. The van der Waals surface area contributed by atoms with Crippen LogP contribution in [0.2, 0.25) is 0 Å². The Kier molecular flexibility index (Phi) is 8.27. The van der Waals surface area contributed by atoms with Gasteiger partial charge in [0.05, 0.1) is 17.9 Å². The highest BCUT2D eigenvalue weighted by molar-refractivity contribution is 7.99. The number of hydrogen-bond donors (Lipinski definition) is 1. The monoisotopic (exact) mass is 455 g/mol. The molecule has 168 valence electrons. The van der Waals surface area contributed by atoms with Gasteiger partial charge in [0.1, 0.15) is 5.75 Å². The van der Waals surface area contributed by atoms with E-state index in [1.165, 1.54) is 0 Å². The lowest BCUT2D eigenvalue weighted by Crippen LogP contribution is -2.14. The number of ether oxygens (including phenoxy) is 2. The summed E-state index contributed by atoms with van der Waals surface area (Å²) in [7, 11) is 0. The first-order valence-corrected chi connectivity index (χ1v) is 11.2. The predicted molar refractivity (Wildman–Crippen MR) is 121 cm³/mol. The molecule has 3 rings (SSSR count). The number of benzene rings is 2. The molecule has 0 saturated heterocycles. The normalized spacial score (nSPS) is 10.6. The van der Waals surface area contributed by atoms with Crippen molar-refractivity contribution in [3.63, 3.8) is 0 Å². The zero-order valence-corrected chi connectivity index (χ0v) is 19.0. The summed E-state index contributed by atoms with van der Waals surface area (Å²) in [5.41, 5.74) is 2.95. The van der Waals surface area contributed by atoms with Crippen molar-refractivity contribution in [1.82, 2.24) is 10.2 Å². The summed E-state index contributed by atoms with van der Waals surface area (Å²) in [6.45, 7) is 6.37. The number of carbonyl (C=O) groups is 2. The standard InChI is InChI=1S/C23H25N3O5S/c1-4-11-29-22(28)17-9-6-10-18(12-17)24-19(27)14-32-23-26-25-20(31-23)13-30-21-15(2)7-5-8-16(21)3/h5-10,12H,4,11,13-14H2,1-3H3,(H,24,27). The van der Waals surface area contributed by atoms with Crippen LogP contribution in [0.15, 0.2) is 52.1 Å². The number of para-hydroxylation sites is 1. The maximum absolute atomic E-state index is 12.3. The van der Waals surface area contributed by atoms with Crippen molar-refractivity contribution >= 4 is 29.3 Å². The third-order valence-electron chi connectivity index (χ3n) is 4.34. The number of hydrogen-bond acceptors (Lipinski definition) is 8. The molecule has 9 heteroatoms. The van der Waals surface area contributed by atoms with Crippen LogP contribution in [0.5, 0.6) is 5.75 Å². The molecule has 0 saturated carbocycles. The Morgan fingerprint density at radius 3 is 2.59 bits per heavy atom. The SMILES string of the molecule is CCCOC(=O)c1cccc(NC(=O)CSc2nnc(COc3c(C)cccc3C)o2)c1. The molecule has 1 N–H and O–H groups in total. The number of amides is 1. The molecule has 0 radical (unpaired) electrons. The van der Waals surface area contributed by atoms with Gasteiger partial charge in [-0.2, -0.15) is 0 Å². The van der Waals surface area contributed by atoms with Crippen LogP contribution in [0.1, 0.15) is 40.7 Å². The van der Waals surface area contributed by atoms with Gasteiger partial charge in [0, 0.05) is 5.69 Å². The van der Waals surface area contributed by atoms with E-state index in [9.17, 15) is 9.59 Å². The fourth-order valence-electron chi connectivity index (χ4n) is 2.84. The summed E-state index contributed by atoms with van der Waals surface area (Å²) in [6, 6.07) is 12.5. The van der Waals surface area contributed by atoms with Gasteiger partial charge in [-0.25, -0.2) is 4.79 Å². The van der Waals surface area contributed by atoms with Crippen LogP contribution in [-0.4, -0.2) is 34.4 Å². The molecule has 32 heavy (non-hydrogen) atoms. The van der Waals surface area contributed by atoms with Crippen LogP contribution in [-0.2, 0) is 16.1 Å². The van der Waals surface area contributed by atoms with Crippen LogP contribution >= 0.6 is 11.8 Å². The zero-order chi connectivity index (χ0) is 22.9. The highest BCUT2D eigenvalue weighted by atomic mass is 32.2. The molecular weight excluding hydrogens is 430 g/mol. The van der Waals surface area contributed by atoms with Gasteiger partial charge in [0.15, 0.2) is 6.61 Å². The lowest BCUT2D eigenvalue weighted by molar-refractivity contribution is -0.113. The molecule has 0 atom stereocenters. The third-order valence-corrected chi connectivity index (χ3v) is 5.16. The molecule has 0 aliphatic heterocycles. The maximum Gasteiger partial charge on any atom is 0.338 e. The van der Waals surface area contributed by atoms with Crippen molar-refractivity contribution in [2.75, 3.05) is 17.7 Å². The summed E-state index contributed by atoms with van der Waals surface area (Å²) in [5.74, 6) is 0.512. The number of carbonyl (C=O) groups excluding carboxylic acids is 2. The summed E-state index contributed by atoms with van der Waals surface area (Å²) in [6.07, 6.45) is 0.744. The van der Waals surface area contributed by atoms with Gasteiger partial charge < -0.3 is 19.2 Å². The first kappa shape index (κ1) is 23.3. The molecule has 0 aliphatic carbocycles. The highest BCUT2D eigenvalue weighted by Crippen LogP contribution is 2.24. The molecular formula is C23H25N3O5S. The van der Waals surface area contributed by atoms with E-state index in [0.29, 0.717) is 23.7 Å². The van der Waals surface area contributed by atoms with E-state index in [0.717, 1.165) is 35.1 Å². The van der Waals surface area contributed by atoms with Gasteiger partial charge in [-0.15, -0.1) is 10.2 Å². The quantitative estimate of drug-likeness (QED) is 0.350. The first-order valence-electron chi connectivity index (χ1n) is 10.2. The van der Waals surface area contributed by atoms with E-state index in [1.807, 2.05) is 39.0 Å². The second kappa shape index (κ2) is 11.3. The average molecular weight is 456 g/mol. The topological polar surface area (TPSA) is 104 Å². The summed E-state index contributed by atoms with van der Waals surface area (Å²) < 4.78 is 16.5. The number of aryl methyl sites for hydroxylation is 2. The second-order valence-corrected chi connectivity index (χ2v) is 7.95. The molecule has 1 aromatic heterocycles. The van der Waals surface area contributed by atoms with Crippen molar-refractivity contribution in [3.8, 4) is 5.75 Å². The van der Waals surface area contributed by atoms with E-state index < -0.39 is 5.97 Å². The van der Waals surface area contributed by atoms with Crippen LogP contribution in [0.4, 0.5) is 5.69 Å². The van der Waals surface area contributed by atoms with Crippen LogP contribution in [0, 0.1) is 13.8 Å². The third kappa shape index (κ3) is 6.58. The Labute approximate surface area is 190 Å². The Bertz CT molecular complexity index is 1060. The highest BCUT2D eigenvalue weighted by Gasteiger charge is 2.13. The second-order valence-electron chi connectivity index (χ2n) is 7.02. The Hall–Kier alpha value is -3.33. The molecule has 1 heterocycles. The van der Waals surface area contributed by atoms with E-state index in [1.54, 1.807) is 24.3 Å². The van der Waals surface area contributed by atoms with E-state index in [-0.39, 0.29) is 23.5 Å². The van der Waals surface area contributed by atoms with Gasteiger partial charge in [-0.1, -0.05) is 43.0 Å². The van der Waals surface area contributed by atoms with Gasteiger partial charge in [0.2, 0.25) is 5.91 Å². The lowest BCUT2D eigenvalue weighted by atomic mass is 10.1. The van der Waals surface area contributed by atoms with Crippen LogP contribution in [0.3, 0.4) is 0 Å². The molecule has 8 nitrogen and oxygen atoms in total. The number of aromatic nitrogens is 2. The molecule has 3 aromatic rings. The van der Waals surface area contributed by atoms with Crippen LogP contribution in [0.25, 0.3) is 0 Å². The number of thioether (sulfide) groups is 1. The predicted octanol–water partition coefficient (Wildman–Crippen LogP) is 4.56. The molecule has 0 bridgehead atoms. The van der Waals surface area contributed by atoms with Gasteiger partial charge >= 0.3 is 5.97 Å². The van der Waals surface area contributed by atoms with Gasteiger partial charge in [-0.05, 0) is 49.6 Å². The summed E-state index contributed by atoms with van der Waals surface area (Å²) >= 11 is 1.12. The minimum atomic E-state index is -0.418. The smallest absolute Gasteiger partial charge is 0.338 e. The van der Waals surface area contributed by atoms with Crippen molar-refractivity contribution in [3.05, 3.63) is 65.0 Å². The Morgan fingerprint density at radius 1 is 1.09 bits per heavy atom. The fraction of sp³-hybridized carbons (Fsp3) is 0.304. The molecule has 1 amide bonds.